The zero-order chi connectivity index (χ0) is 59.8. The van der Waals surface area contributed by atoms with Crippen LogP contribution in [0, 0.1) is 0 Å². The van der Waals surface area contributed by atoms with Crippen LogP contribution in [0.25, 0.3) is 0 Å². The molecule has 0 spiro atoms. The molecule has 0 amide bonds. The van der Waals surface area contributed by atoms with Crippen molar-refractivity contribution < 1.29 is 42.9 Å². The van der Waals surface area contributed by atoms with Gasteiger partial charge in [-0.2, -0.15) is 0 Å². The lowest BCUT2D eigenvalue weighted by Crippen LogP contribution is -2.40. The number of aliphatic carboxylic acids is 1. The molecule has 9 heteroatoms. The molecule has 9 nitrogen and oxygen atoms in total. The monoisotopic (exact) mass is 1160 g/mol. The molecule has 0 aliphatic rings. The fraction of sp³-hybridized carbons (Fsp3) is 0.849. The Morgan fingerprint density at radius 3 is 1.04 bits per heavy atom. The first-order chi connectivity index (χ1) is 40.1. The molecule has 82 heavy (non-hydrogen) atoms. The molecule has 0 heterocycles. The van der Waals surface area contributed by atoms with E-state index in [4.69, 9.17) is 18.9 Å². The summed E-state index contributed by atoms with van der Waals surface area (Å²) in [6, 6.07) is 0. The molecule has 0 radical (unpaired) electrons. The largest absolute Gasteiger partial charge is 0.477 e. The lowest BCUT2D eigenvalue weighted by molar-refractivity contribution is -0.870. The van der Waals surface area contributed by atoms with E-state index in [-0.39, 0.29) is 32.2 Å². The van der Waals surface area contributed by atoms with Crippen molar-refractivity contribution in [2.24, 2.45) is 0 Å². The summed E-state index contributed by atoms with van der Waals surface area (Å²) >= 11 is 0. The van der Waals surface area contributed by atoms with Gasteiger partial charge in [-0.25, -0.2) is 4.79 Å². The van der Waals surface area contributed by atoms with Gasteiger partial charge in [0.05, 0.1) is 34.4 Å². The van der Waals surface area contributed by atoms with Crippen molar-refractivity contribution in [2.75, 3.05) is 47.5 Å². The third-order valence-corrected chi connectivity index (χ3v) is 15.8. The van der Waals surface area contributed by atoms with Gasteiger partial charge in [-0.1, -0.05) is 326 Å². The maximum Gasteiger partial charge on any atom is 0.361 e. The van der Waals surface area contributed by atoms with Gasteiger partial charge in [0, 0.05) is 12.8 Å². The topological polar surface area (TPSA) is 108 Å². The number of carboxylic acids is 1. The van der Waals surface area contributed by atoms with E-state index < -0.39 is 24.3 Å². The van der Waals surface area contributed by atoms with Crippen molar-refractivity contribution in [3.8, 4) is 0 Å². The summed E-state index contributed by atoms with van der Waals surface area (Å²) in [5, 5.41) is 9.73. The minimum atomic E-state index is -1.51. The number of rotatable bonds is 66. The fourth-order valence-corrected chi connectivity index (χ4v) is 10.5. The zero-order valence-electron chi connectivity index (χ0n) is 54.9. The Morgan fingerprint density at radius 2 is 0.695 bits per heavy atom. The average molecular weight is 1160 g/mol. The van der Waals surface area contributed by atoms with Gasteiger partial charge in [-0.3, -0.25) is 9.59 Å². The van der Waals surface area contributed by atoms with Gasteiger partial charge in [-0.05, 0) is 51.4 Å². The van der Waals surface area contributed by atoms with Crippen molar-refractivity contribution in [1.29, 1.82) is 0 Å². The van der Waals surface area contributed by atoms with Crippen LogP contribution >= 0.6 is 0 Å². The molecule has 2 atom stereocenters. The molecule has 0 aliphatic carbocycles. The Labute approximate surface area is 508 Å². The normalized spacial score (nSPS) is 12.9. The first kappa shape index (κ1) is 79.2. The fourth-order valence-electron chi connectivity index (χ4n) is 10.5. The van der Waals surface area contributed by atoms with Gasteiger partial charge < -0.3 is 28.5 Å². The van der Waals surface area contributed by atoms with E-state index in [1.807, 2.05) is 21.1 Å². The van der Waals surface area contributed by atoms with Crippen LogP contribution in [0.4, 0.5) is 0 Å². The SMILES string of the molecule is CC/C=C\C/C=C\C/C=C\C/C=C\CCCCCCCCC(=O)OC(COC(=O)CCCCCCCCCCCCCCCCCCCCCCCCCCCCCCCCCCCCCCCC)COC(OCC[N+](C)(C)C)C(=O)O. The Morgan fingerprint density at radius 1 is 0.378 bits per heavy atom. The number of ether oxygens (including phenoxy) is 4. The number of likely N-dealkylation sites (N-methyl/N-ethyl adjacent to an activating group) is 1. The number of allylic oxidation sites excluding steroid dienone is 8. The third-order valence-electron chi connectivity index (χ3n) is 15.8. The smallest absolute Gasteiger partial charge is 0.361 e. The van der Waals surface area contributed by atoms with Crippen LogP contribution in [0.2, 0.25) is 0 Å². The van der Waals surface area contributed by atoms with Crippen LogP contribution in [-0.2, 0) is 33.3 Å². The van der Waals surface area contributed by atoms with Crippen molar-refractivity contribution in [1.82, 2.24) is 0 Å². The lowest BCUT2D eigenvalue weighted by atomic mass is 10.0. The summed E-state index contributed by atoms with van der Waals surface area (Å²) in [4.78, 5) is 37.5. The van der Waals surface area contributed by atoms with Gasteiger partial charge in [0.15, 0.2) is 6.10 Å². The molecule has 0 fully saturated rings. The predicted molar refractivity (Wildman–Crippen MR) is 350 cm³/mol. The second-order valence-corrected chi connectivity index (χ2v) is 25.2. The number of hydrogen-bond donors (Lipinski definition) is 1. The molecule has 0 aromatic carbocycles. The Bertz CT molecular complexity index is 1480. The zero-order valence-corrected chi connectivity index (χ0v) is 54.9. The standard InChI is InChI=1S/C73H135NO8/c1-6-8-10-12-14-16-18-20-22-24-26-27-28-29-30-31-32-33-34-35-36-37-38-39-40-41-42-43-44-46-47-49-51-53-55-57-59-61-63-70(75)80-67-69(68-81-73(72(77)78)79-66-65-74(3,4)5)82-71(76)64-62-60-58-56-54-52-50-48-45-25-23-21-19-17-15-13-11-9-7-2/h9,11,15,17,21,23,45,48,69,73H,6-8,10,12-14,16,18-20,22,24-44,46-47,49-68H2,1-5H3/p+1/b11-9-,17-15-,23-21-,48-45-. The molecule has 480 valence electrons. The second kappa shape index (κ2) is 64.3. The molecular formula is C73H136NO8+. The summed E-state index contributed by atoms with van der Waals surface area (Å²) in [6.45, 7) is 4.80. The number of carbonyl (C=O) groups excluding carboxylic acids is 2. The summed E-state index contributed by atoms with van der Waals surface area (Å²) in [6.07, 6.45) is 79.7. The minimum absolute atomic E-state index is 0.185. The van der Waals surface area contributed by atoms with E-state index in [2.05, 4.69) is 62.5 Å². The van der Waals surface area contributed by atoms with E-state index in [1.54, 1.807) is 0 Å². The first-order valence-corrected chi connectivity index (χ1v) is 35.3. The minimum Gasteiger partial charge on any atom is -0.477 e. The van der Waals surface area contributed by atoms with E-state index in [0.717, 1.165) is 83.5 Å². The highest BCUT2D eigenvalue weighted by Gasteiger charge is 2.25. The first-order valence-electron chi connectivity index (χ1n) is 35.3. The van der Waals surface area contributed by atoms with Gasteiger partial charge in [-0.15, -0.1) is 0 Å². The quantitative estimate of drug-likeness (QED) is 0.0211. The second-order valence-electron chi connectivity index (χ2n) is 25.2. The number of unbranched alkanes of at least 4 members (excludes halogenated alkanes) is 43. The molecule has 0 bridgehead atoms. The number of quaternary nitrogens is 1. The molecule has 0 saturated carbocycles. The van der Waals surface area contributed by atoms with Gasteiger partial charge in [0.25, 0.3) is 6.29 Å². The van der Waals surface area contributed by atoms with Crippen molar-refractivity contribution in [2.45, 2.75) is 354 Å². The molecular weight excluding hydrogens is 1020 g/mol. The Balaban J connectivity index is 3.96. The van der Waals surface area contributed by atoms with Crippen molar-refractivity contribution in [3.63, 3.8) is 0 Å². The van der Waals surface area contributed by atoms with E-state index in [9.17, 15) is 19.5 Å². The van der Waals surface area contributed by atoms with E-state index in [0.29, 0.717) is 23.9 Å². The number of carboxylic acid groups (broad SMARTS) is 1. The number of nitrogens with zero attached hydrogens (tertiary/aromatic N) is 1. The molecule has 0 aliphatic heterocycles. The lowest BCUT2D eigenvalue weighted by Gasteiger charge is -2.25. The Hall–Kier alpha value is -2.75. The summed E-state index contributed by atoms with van der Waals surface area (Å²) in [5.74, 6) is -2.01. The van der Waals surface area contributed by atoms with Crippen LogP contribution in [0.3, 0.4) is 0 Å². The molecule has 0 saturated heterocycles. The third kappa shape index (κ3) is 64.8. The highest BCUT2D eigenvalue weighted by molar-refractivity contribution is 5.71. The van der Waals surface area contributed by atoms with Gasteiger partial charge in [0.2, 0.25) is 0 Å². The van der Waals surface area contributed by atoms with E-state index in [1.165, 1.54) is 225 Å². The van der Waals surface area contributed by atoms with Crippen molar-refractivity contribution in [3.05, 3.63) is 48.6 Å². The van der Waals surface area contributed by atoms with Crippen LogP contribution in [0.1, 0.15) is 341 Å². The highest BCUT2D eigenvalue weighted by atomic mass is 16.7. The number of hydrogen-bond acceptors (Lipinski definition) is 7. The Kier molecular flexibility index (Phi) is 62.1. The number of carbonyl (C=O) groups is 3. The summed E-state index contributed by atoms with van der Waals surface area (Å²) in [7, 11) is 5.97. The molecule has 0 aromatic rings. The van der Waals surface area contributed by atoms with Gasteiger partial charge in [0.1, 0.15) is 13.2 Å². The van der Waals surface area contributed by atoms with Crippen LogP contribution in [0.5, 0.6) is 0 Å². The van der Waals surface area contributed by atoms with Crippen LogP contribution in [0.15, 0.2) is 48.6 Å². The molecule has 0 aromatic heterocycles. The van der Waals surface area contributed by atoms with E-state index >= 15 is 0 Å². The molecule has 1 N–H and O–H groups in total. The van der Waals surface area contributed by atoms with Crippen LogP contribution < -0.4 is 0 Å². The maximum absolute atomic E-state index is 12.9. The summed E-state index contributed by atoms with van der Waals surface area (Å²) < 4.78 is 22.9. The molecule has 2 unspecified atom stereocenters. The number of esters is 2. The predicted octanol–water partition coefficient (Wildman–Crippen LogP) is 21.8. The summed E-state index contributed by atoms with van der Waals surface area (Å²) in [5.41, 5.74) is 0. The average Bonchev–Trinajstić information content (AvgIpc) is 3.45. The molecule has 0 rings (SSSR count). The van der Waals surface area contributed by atoms with Crippen molar-refractivity contribution >= 4 is 17.9 Å². The van der Waals surface area contributed by atoms with Gasteiger partial charge >= 0.3 is 17.9 Å². The van der Waals surface area contributed by atoms with Crippen LogP contribution in [-0.4, -0.2) is 87.4 Å². The highest BCUT2D eigenvalue weighted by Crippen LogP contribution is 2.19. The maximum atomic E-state index is 12.9.